The van der Waals surface area contributed by atoms with Gasteiger partial charge >= 0.3 is 6.03 Å². The average molecular weight is 406 g/mol. The van der Waals surface area contributed by atoms with E-state index in [1.807, 2.05) is 44.2 Å². The molecule has 0 unspecified atom stereocenters. The predicted molar refractivity (Wildman–Crippen MR) is 109 cm³/mol. The summed E-state index contributed by atoms with van der Waals surface area (Å²) in [5, 5.41) is 4.62. The van der Waals surface area contributed by atoms with E-state index in [1.165, 1.54) is 0 Å². The van der Waals surface area contributed by atoms with Gasteiger partial charge < -0.3 is 9.64 Å². The summed E-state index contributed by atoms with van der Waals surface area (Å²) < 4.78 is 6.02. The SMILES string of the molecule is C[C@@H]1CN2c3ccc(-c4ccncc4)cc3CC3(C(=O)NC(=O)NC3=O)[C@H]2[C@H](C)O1. The van der Waals surface area contributed by atoms with Gasteiger partial charge in [-0.1, -0.05) is 6.07 Å². The summed E-state index contributed by atoms with van der Waals surface area (Å²) in [4.78, 5) is 44.2. The number of carbonyl (C=O) groups is 3. The number of hydrogen-bond donors (Lipinski definition) is 2. The number of barbiturate groups is 1. The van der Waals surface area contributed by atoms with Crippen LogP contribution in [0.4, 0.5) is 10.5 Å². The largest absolute Gasteiger partial charge is 0.372 e. The molecule has 8 nitrogen and oxygen atoms in total. The quantitative estimate of drug-likeness (QED) is 0.699. The van der Waals surface area contributed by atoms with Crippen LogP contribution in [-0.2, 0) is 20.7 Å². The topological polar surface area (TPSA) is 101 Å². The highest BCUT2D eigenvalue weighted by atomic mass is 16.5. The maximum absolute atomic E-state index is 13.2. The van der Waals surface area contributed by atoms with Crippen molar-refractivity contribution in [2.45, 2.75) is 38.5 Å². The lowest BCUT2D eigenvalue weighted by Gasteiger charge is -2.55. The van der Waals surface area contributed by atoms with Gasteiger partial charge in [0.05, 0.1) is 18.2 Å². The van der Waals surface area contributed by atoms with E-state index in [1.54, 1.807) is 12.4 Å². The number of rotatable bonds is 1. The Morgan fingerprint density at radius 1 is 1.03 bits per heavy atom. The molecular weight excluding hydrogens is 384 g/mol. The number of ether oxygens (including phenoxy) is 1. The number of anilines is 1. The fraction of sp³-hybridized carbons (Fsp3) is 0.364. The van der Waals surface area contributed by atoms with Crippen LogP contribution in [0.25, 0.3) is 11.1 Å². The third kappa shape index (κ3) is 2.64. The number of imide groups is 2. The van der Waals surface area contributed by atoms with Crippen LogP contribution in [0, 0.1) is 5.41 Å². The fourth-order valence-corrected chi connectivity index (χ4v) is 5.17. The van der Waals surface area contributed by atoms with Crippen LogP contribution >= 0.6 is 0 Å². The predicted octanol–water partition coefficient (Wildman–Crippen LogP) is 1.64. The van der Waals surface area contributed by atoms with Crippen LogP contribution in [0.5, 0.6) is 0 Å². The number of aromatic nitrogens is 1. The van der Waals surface area contributed by atoms with Gasteiger partial charge in [-0.2, -0.15) is 0 Å². The van der Waals surface area contributed by atoms with Gasteiger partial charge in [0.2, 0.25) is 11.8 Å². The summed E-state index contributed by atoms with van der Waals surface area (Å²) in [6, 6.07) is 8.64. The van der Waals surface area contributed by atoms with Crippen LogP contribution in [0.15, 0.2) is 42.7 Å². The molecular formula is C22H22N4O4. The molecule has 2 aromatic rings. The van der Waals surface area contributed by atoms with Crippen molar-refractivity contribution in [1.82, 2.24) is 15.6 Å². The summed E-state index contributed by atoms with van der Waals surface area (Å²) in [6.07, 6.45) is 3.22. The lowest BCUT2D eigenvalue weighted by atomic mass is 9.66. The van der Waals surface area contributed by atoms with E-state index in [9.17, 15) is 14.4 Å². The number of nitrogens with one attached hydrogen (secondary N) is 2. The van der Waals surface area contributed by atoms with Crippen molar-refractivity contribution >= 4 is 23.5 Å². The van der Waals surface area contributed by atoms with Crippen LogP contribution < -0.4 is 15.5 Å². The molecule has 8 heteroatoms. The average Bonchev–Trinajstić information content (AvgIpc) is 2.71. The van der Waals surface area contributed by atoms with E-state index >= 15 is 0 Å². The van der Waals surface area contributed by atoms with Crippen molar-refractivity contribution < 1.29 is 19.1 Å². The maximum Gasteiger partial charge on any atom is 0.328 e. The number of morpholine rings is 1. The number of fused-ring (bicyclic) bond motifs is 4. The molecule has 2 fully saturated rings. The smallest absolute Gasteiger partial charge is 0.328 e. The molecule has 3 aliphatic heterocycles. The van der Waals surface area contributed by atoms with Crippen molar-refractivity contribution in [3.63, 3.8) is 0 Å². The molecule has 1 aromatic carbocycles. The first-order chi connectivity index (χ1) is 14.4. The maximum atomic E-state index is 13.2. The third-order valence-corrected chi connectivity index (χ3v) is 6.32. The molecule has 5 rings (SSSR count). The van der Waals surface area contributed by atoms with Crippen LogP contribution in [0.3, 0.4) is 0 Å². The summed E-state index contributed by atoms with van der Waals surface area (Å²) in [5.41, 5.74) is 2.41. The number of nitrogens with zero attached hydrogens (tertiary/aromatic N) is 2. The van der Waals surface area contributed by atoms with Gasteiger partial charge in [-0.25, -0.2) is 4.79 Å². The van der Waals surface area contributed by atoms with Gasteiger partial charge in [-0.15, -0.1) is 0 Å². The molecule has 3 atom stereocenters. The Morgan fingerprint density at radius 3 is 2.43 bits per heavy atom. The number of urea groups is 1. The van der Waals surface area contributed by atoms with Crippen LogP contribution in [0.2, 0.25) is 0 Å². The molecule has 0 bridgehead atoms. The Bertz CT molecular complexity index is 1030. The molecule has 154 valence electrons. The van der Waals surface area contributed by atoms with Crippen molar-refractivity contribution in [3.05, 3.63) is 48.3 Å². The van der Waals surface area contributed by atoms with Crippen molar-refractivity contribution in [1.29, 1.82) is 0 Å². The Balaban J connectivity index is 1.68. The molecule has 2 saturated heterocycles. The second-order valence-electron chi connectivity index (χ2n) is 8.21. The van der Waals surface area contributed by atoms with Crippen LogP contribution in [-0.4, -0.2) is 47.6 Å². The zero-order chi connectivity index (χ0) is 21.0. The monoisotopic (exact) mass is 406 g/mol. The standard InChI is InChI=1S/C22H22N4O4/c1-12-11-26-17-4-3-15(14-5-7-23-8-6-14)9-16(17)10-22(18(26)13(2)30-12)19(27)24-21(29)25-20(22)28/h3-9,12-13,18H,10-11H2,1-2H3,(H2,24,25,27,28,29)/t12-,13+,18-/m1/s1. The van der Waals surface area contributed by atoms with Gasteiger partial charge in [0.15, 0.2) is 5.41 Å². The molecule has 30 heavy (non-hydrogen) atoms. The number of amides is 4. The Kier molecular flexibility index (Phi) is 4.14. The molecule has 0 radical (unpaired) electrons. The Morgan fingerprint density at radius 2 is 1.73 bits per heavy atom. The van der Waals surface area contributed by atoms with Crippen molar-refractivity contribution in [2.24, 2.45) is 5.41 Å². The molecule has 3 aliphatic rings. The molecule has 0 aliphatic carbocycles. The lowest BCUT2D eigenvalue weighted by molar-refractivity contribution is -0.153. The number of hydrogen-bond acceptors (Lipinski definition) is 6. The van der Waals surface area contributed by atoms with E-state index in [4.69, 9.17) is 4.74 Å². The highest BCUT2D eigenvalue weighted by Crippen LogP contribution is 2.47. The summed E-state index contributed by atoms with van der Waals surface area (Å²) >= 11 is 0. The second-order valence-corrected chi connectivity index (χ2v) is 8.21. The first-order valence-corrected chi connectivity index (χ1v) is 10.0. The van der Waals surface area contributed by atoms with E-state index < -0.39 is 29.3 Å². The molecule has 0 saturated carbocycles. The minimum Gasteiger partial charge on any atom is -0.372 e. The van der Waals surface area contributed by atoms with E-state index in [0.29, 0.717) is 6.54 Å². The van der Waals surface area contributed by atoms with E-state index in [-0.39, 0.29) is 18.6 Å². The fourth-order valence-electron chi connectivity index (χ4n) is 5.17. The van der Waals surface area contributed by atoms with Gasteiger partial charge in [-0.3, -0.25) is 25.2 Å². The minimum atomic E-state index is -1.45. The van der Waals surface area contributed by atoms with Gasteiger partial charge in [0.25, 0.3) is 0 Å². The van der Waals surface area contributed by atoms with E-state index in [2.05, 4.69) is 20.5 Å². The lowest BCUT2D eigenvalue weighted by Crippen LogP contribution is -2.75. The number of carbonyl (C=O) groups excluding carboxylic acids is 3. The molecule has 1 aromatic heterocycles. The summed E-state index contributed by atoms with van der Waals surface area (Å²) in [5.74, 6) is -1.15. The Hall–Kier alpha value is -3.26. The van der Waals surface area contributed by atoms with Gasteiger partial charge in [0, 0.05) is 24.6 Å². The summed E-state index contributed by atoms with van der Waals surface area (Å²) in [6.45, 7) is 4.40. The van der Waals surface area contributed by atoms with E-state index in [0.717, 1.165) is 22.4 Å². The second kappa shape index (κ2) is 6.63. The Labute approximate surface area is 173 Å². The highest BCUT2D eigenvalue weighted by molar-refractivity contribution is 6.20. The third-order valence-electron chi connectivity index (χ3n) is 6.32. The van der Waals surface area contributed by atoms with Crippen molar-refractivity contribution in [3.8, 4) is 11.1 Å². The van der Waals surface area contributed by atoms with Gasteiger partial charge in [-0.05, 0) is 61.2 Å². The molecule has 4 amide bonds. The molecule has 4 heterocycles. The van der Waals surface area contributed by atoms with Crippen molar-refractivity contribution in [2.75, 3.05) is 11.4 Å². The first-order valence-electron chi connectivity index (χ1n) is 10.0. The normalized spacial score (nSPS) is 27.2. The van der Waals surface area contributed by atoms with Crippen LogP contribution in [0.1, 0.15) is 19.4 Å². The number of pyridine rings is 1. The number of benzene rings is 1. The van der Waals surface area contributed by atoms with Gasteiger partial charge in [0.1, 0.15) is 0 Å². The minimum absolute atomic E-state index is 0.0598. The molecule has 1 spiro atoms. The molecule has 2 N–H and O–H groups in total. The highest BCUT2D eigenvalue weighted by Gasteiger charge is 2.62. The zero-order valence-electron chi connectivity index (χ0n) is 16.7. The first kappa shape index (κ1) is 18.7. The summed E-state index contributed by atoms with van der Waals surface area (Å²) in [7, 11) is 0. The zero-order valence-corrected chi connectivity index (χ0v) is 16.7.